The molecule has 116 valence electrons. The van der Waals surface area contributed by atoms with Gasteiger partial charge in [0, 0.05) is 32.2 Å². The van der Waals surface area contributed by atoms with Crippen LogP contribution in [0.1, 0.15) is 26.7 Å². The summed E-state index contributed by atoms with van der Waals surface area (Å²) in [6.07, 6.45) is 2.21. The Morgan fingerprint density at radius 3 is 2.62 bits per heavy atom. The minimum Gasteiger partial charge on any atom is -0.357 e. The quantitative estimate of drug-likeness (QED) is 0.456. The number of thioether (sulfide) groups is 1. The number of halogens is 1. The third-order valence-corrected chi connectivity index (χ3v) is 4.56. The maximum Gasteiger partial charge on any atom is 0.233 e. The predicted octanol–water partition coefficient (Wildman–Crippen LogP) is 2.69. The van der Waals surface area contributed by atoms with Crippen molar-refractivity contribution < 1.29 is 4.79 Å². The summed E-state index contributed by atoms with van der Waals surface area (Å²) in [7, 11) is 0. The maximum absolute atomic E-state index is 12.0. The van der Waals surface area contributed by atoms with E-state index in [1.807, 2.05) is 4.90 Å². The van der Waals surface area contributed by atoms with Gasteiger partial charge in [-0.3, -0.25) is 4.79 Å². The fraction of sp³-hybridized carbons (Fsp3) is 0.643. The average Bonchev–Trinajstić information content (AvgIpc) is 3.00. The molecule has 0 radical (unpaired) electrons. The zero-order chi connectivity index (χ0) is 15.2. The largest absolute Gasteiger partial charge is 0.357 e. The van der Waals surface area contributed by atoms with E-state index in [1.54, 1.807) is 6.07 Å². The van der Waals surface area contributed by atoms with Gasteiger partial charge in [-0.05, 0) is 26.7 Å². The van der Waals surface area contributed by atoms with Gasteiger partial charge in [-0.25, -0.2) is 9.97 Å². The Morgan fingerprint density at radius 1 is 1.33 bits per heavy atom. The van der Waals surface area contributed by atoms with Crippen LogP contribution in [0.3, 0.4) is 0 Å². The first kappa shape index (κ1) is 16.4. The highest BCUT2D eigenvalue weighted by Gasteiger charge is 2.18. The Bertz CT molecular complexity index is 490. The first-order valence-electron chi connectivity index (χ1n) is 7.34. The number of carbonyl (C=O) groups is 1. The number of carbonyl (C=O) groups excluding carboxylic acids is 1. The van der Waals surface area contributed by atoms with E-state index in [0.717, 1.165) is 44.8 Å². The van der Waals surface area contributed by atoms with E-state index in [0.29, 0.717) is 16.1 Å². The standard InChI is InChI=1S/C14H21ClN4OS/c1-3-18(4-2)12-9-11(15)16-14(17-12)21-10-13(20)19-7-5-6-8-19/h9H,3-8,10H2,1-2H3. The van der Waals surface area contributed by atoms with Crippen LogP contribution in [-0.4, -0.2) is 52.7 Å². The van der Waals surface area contributed by atoms with Crippen molar-refractivity contribution in [1.82, 2.24) is 14.9 Å². The van der Waals surface area contributed by atoms with Crippen molar-refractivity contribution in [3.8, 4) is 0 Å². The molecule has 7 heteroatoms. The Morgan fingerprint density at radius 2 is 2.00 bits per heavy atom. The summed E-state index contributed by atoms with van der Waals surface area (Å²) in [6, 6.07) is 1.76. The second-order valence-corrected chi connectivity index (χ2v) is 6.21. The molecule has 1 saturated heterocycles. The molecule has 0 saturated carbocycles. The summed E-state index contributed by atoms with van der Waals surface area (Å²) in [6.45, 7) is 7.62. The monoisotopic (exact) mass is 328 g/mol. The fourth-order valence-corrected chi connectivity index (χ4v) is 3.33. The summed E-state index contributed by atoms with van der Waals surface area (Å²) in [5.41, 5.74) is 0. The molecule has 0 spiro atoms. The number of hydrogen-bond acceptors (Lipinski definition) is 5. The van der Waals surface area contributed by atoms with Crippen molar-refractivity contribution in [2.75, 3.05) is 36.8 Å². The van der Waals surface area contributed by atoms with Gasteiger partial charge in [0.05, 0.1) is 5.75 Å². The fourth-order valence-electron chi connectivity index (χ4n) is 2.34. The van der Waals surface area contributed by atoms with Crippen LogP contribution in [0.2, 0.25) is 5.15 Å². The number of aromatic nitrogens is 2. The van der Waals surface area contributed by atoms with Gasteiger partial charge >= 0.3 is 0 Å². The Labute approximate surface area is 135 Å². The number of rotatable bonds is 6. The first-order valence-corrected chi connectivity index (χ1v) is 8.70. The third kappa shape index (κ3) is 4.48. The van der Waals surface area contributed by atoms with E-state index >= 15 is 0 Å². The van der Waals surface area contributed by atoms with Gasteiger partial charge < -0.3 is 9.80 Å². The molecule has 0 bridgehead atoms. The molecule has 0 aliphatic carbocycles. The van der Waals surface area contributed by atoms with E-state index in [-0.39, 0.29) is 5.91 Å². The zero-order valence-electron chi connectivity index (χ0n) is 12.5. The number of hydrogen-bond donors (Lipinski definition) is 0. The van der Waals surface area contributed by atoms with Crippen LogP contribution in [0, 0.1) is 0 Å². The minimum atomic E-state index is 0.158. The van der Waals surface area contributed by atoms with E-state index in [1.165, 1.54) is 11.8 Å². The molecular weight excluding hydrogens is 308 g/mol. The summed E-state index contributed by atoms with van der Waals surface area (Å²) >= 11 is 7.42. The van der Waals surface area contributed by atoms with Gasteiger partial charge in [0.25, 0.3) is 0 Å². The molecule has 1 amide bonds. The second-order valence-electron chi connectivity index (χ2n) is 4.88. The number of anilines is 1. The van der Waals surface area contributed by atoms with E-state index in [2.05, 4.69) is 28.7 Å². The van der Waals surface area contributed by atoms with Gasteiger partial charge in [-0.15, -0.1) is 0 Å². The molecule has 0 atom stereocenters. The van der Waals surface area contributed by atoms with Crippen molar-refractivity contribution in [1.29, 1.82) is 0 Å². The number of amides is 1. The normalized spacial score (nSPS) is 14.5. The second kappa shape index (κ2) is 7.84. The average molecular weight is 329 g/mol. The lowest BCUT2D eigenvalue weighted by atomic mass is 10.4. The smallest absolute Gasteiger partial charge is 0.233 e. The van der Waals surface area contributed by atoms with Gasteiger partial charge in [0.15, 0.2) is 5.16 Å². The Balaban J connectivity index is 2.00. The SMILES string of the molecule is CCN(CC)c1cc(Cl)nc(SCC(=O)N2CCCC2)n1. The summed E-state index contributed by atoms with van der Waals surface area (Å²) in [5, 5.41) is 0.986. The molecule has 0 N–H and O–H groups in total. The molecule has 0 unspecified atom stereocenters. The highest BCUT2D eigenvalue weighted by atomic mass is 35.5. The first-order chi connectivity index (χ1) is 10.1. The van der Waals surface area contributed by atoms with Crippen LogP contribution in [0.25, 0.3) is 0 Å². The highest BCUT2D eigenvalue weighted by molar-refractivity contribution is 7.99. The topological polar surface area (TPSA) is 49.3 Å². The van der Waals surface area contributed by atoms with E-state index < -0.39 is 0 Å². The van der Waals surface area contributed by atoms with Crippen LogP contribution in [-0.2, 0) is 4.79 Å². The molecule has 1 fully saturated rings. The lowest BCUT2D eigenvalue weighted by molar-refractivity contribution is -0.127. The van der Waals surface area contributed by atoms with Gasteiger partial charge in [-0.1, -0.05) is 23.4 Å². The summed E-state index contributed by atoms with van der Waals surface area (Å²) in [4.78, 5) is 24.8. The van der Waals surface area contributed by atoms with Gasteiger partial charge in [0.1, 0.15) is 11.0 Å². The van der Waals surface area contributed by atoms with Crippen molar-refractivity contribution in [3.05, 3.63) is 11.2 Å². The molecule has 0 aromatic carbocycles. The van der Waals surface area contributed by atoms with Gasteiger partial charge in [-0.2, -0.15) is 0 Å². The maximum atomic E-state index is 12.0. The third-order valence-electron chi connectivity index (χ3n) is 3.53. The van der Waals surface area contributed by atoms with Crippen molar-refractivity contribution in [2.45, 2.75) is 31.8 Å². The van der Waals surface area contributed by atoms with Crippen LogP contribution < -0.4 is 4.90 Å². The zero-order valence-corrected chi connectivity index (χ0v) is 14.1. The lowest BCUT2D eigenvalue weighted by Gasteiger charge is -2.20. The van der Waals surface area contributed by atoms with Crippen LogP contribution in [0.5, 0.6) is 0 Å². The molecule has 1 aliphatic rings. The minimum absolute atomic E-state index is 0.158. The molecule has 2 heterocycles. The van der Waals surface area contributed by atoms with Gasteiger partial charge in [0.2, 0.25) is 5.91 Å². The molecule has 1 aromatic rings. The highest BCUT2D eigenvalue weighted by Crippen LogP contribution is 2.22. The van der Waals surface area contributed by atoms with Crippen molar-refractivity contribution in [3.63, 3.8) is 0 Å². The molecule has 5 nitrogen and oxygen atoms in total. The van der Waals surface area contributed by atoms with Crippen LogP contribution in [0.15, 0.2) is 11.2 Å². The summed E-state index contributed by atoms with van der Waals surface area (Å²) < 4.78 is 0. The van der Waals surface area contributed by atoms with Crippen LogP contribution >= 0.6 is 23.4 Å². The predicted molar refractivity (Wildman–Crippen MR) is 87.1 cm³/mol. The molecule has 21 heavy (non-hydrogen) atoms. The number of nitrogens with zero attached hydrogens (tertiary/aromatic N) is 4. The molecule has 1 aromatic heterocycles. The van der Waals surface area contributed by atoms with Crippen molar-refractivity contribution in [2.24, 2.45) is 0 Å². The summed E-state index contributed by atoms with van der Waals surface area (Å²) in [5.74, 6) is 1.35. The molecule has 2 rings (SSSR count). The Hall–Kier alpha value is -1.01. The Kier molecular flexibility index (Phi) is 6.11. The molecule has 1 aliphatic heterocycles. The van der Waals surface area contributed by atoms with E-state index in [9.17, 15) is 4.79 Å². The molecular formula is C14H21ClN4OS. The number of likely N-dealkylation sites (tertiary alicyclic amines) is 1. The van der Waals surface area contributed by atoms with E-state index in [4.69, 9.17) is 11.6 Å². The lowest BCUT2D eigenvalue weighted by Crippen LogP contribution is -2.29. The van der Waals surface area contributed by atoms with Crippen LogP contribution in [0.4, 0.5) is 5.82 Å². The van der Waals surface area contributed by atoms with Crippen molar-refractivity contribution >= 4 is 35.1 Å².